The molecule has 0 fully saturated rings. The normalized spacial score (nSPS) is 10.2. The molecule has 0 saturated carbocycles. The zero-order valence-electron chi connectivity index (χ0n) is 7.11. The number of carboxylic acid groups (broad SMARTS) is 1. The van der Waals surface area contributed by atoms with Gasteiger partial charge in [-0.15, -0.1) is 10.2 Å². The zero-order chi connectivity index (χ0) is 9.14. The molecule has 0 bridgehead atoms. The van der Waals surface area contributed by atoms with E-state index in [2.05, 4.69) is 10.2 Å². The third kappa shape index (κ3) is 1.61. The van der Waals surface area contributed by atoms with Gasteiger partial charge in [0.15, 0.2) is 0 Å². The Balaban J connectivity index is 2.94. The molecule has 0 aliphatic rings. The van der Waals surface area contributed by atoms with E-state index in [0.29, 0.717) is 12.2 Å². The van der Waals surface area contributed by atoms with Crippen molar-refractivity contribution in [1.82, 2.24) is 14.8 Å². The van der Waals surface area contributed by atoms with Gasteiger partial charge in [0.2, 0.25) is 0 Å². The van der Waals surface area contributed by atoms with Crippen molar-refractivity contribution in [2.75, 3.05) is 0 Å². The van der Waals surface area contributed by atoms with Crippen molar-refractivity contribution >= 4 is 5.97 Å². The summed E-state index contributed by atoms with van der Waals surface area (Å²) in [5.74, 6) is 0.497. The second kappa shape index (κ2) is 3.34. The molecule has 0 saturated heterocycles. The minimum absolute atomic E-state index is 0.0536. The first-order valence-electron chi connectivity index (χ1n) is 3.75. The second-order valence-electron chi connectivity index (χ2n) is 2.50. The summed E-state index contributed by atoms with van der Waals surface area (Å²) in [6.45, 7) is 3.61. The molecule has 0 aliphatic heterocycles. The van der Waals surface area contributed by atoms with Gasteiger partial charge in [0, 0.05) is 6.42 Å². The monoisotopic (exact) mass is 169 g/mol. The summed E-state index contributed by atoms with van der Waals surface area (Å²) in [5, 5.41) is 16.2. The molecule has 5 nitrogen and oxygen atoms in total. The van der Waals surface area contributed by atoms with E-state index in [9.17, 15) is 4.79 Å². The average Bonchev–Trinajstić information content (AvgIpc) is 2.32. The van der Waals surface area contributed by atoms with Crippen molar-refractivity contribution in [1.29, 1.82) is 0 Å². The van der Waals surface area contributed by atoms with Crippen LogP contribution in [0.5, 0.6) is 0 Å². The van der Waals surface area contributed by atoms with Crippen LogP contribution in [0.2, 0.25) is 0 Å². The Labute approximate surface area is 70.0 Å². The van der Waals surface area contributed by atoms with E-state index < -0.39 is 5.97 Å². The predicted molar refractivity (Wildman–Crippen MR) is 41.8 cm³/mol. The van der Waals surface area contributed by atoms with Crippen molar-refractivity contribution in [3.05, 3.63) is 11.6 Å². The van der Waals surface area contributed by atoms with E-state index in [1.165, 1.54) is 0 Å². The minimum Gasteiger partial charge on any atom is -0.480 e. The summed E-state index contributed by atoms with van der Waals surface area (Å²) >= 11 is 0. The summed E-state index contributed by atoms with van der Waals surface area (Å²) in [6, 6.07) is 0. The van der Waals surface area contributed by atoms with Gasteiger partial charge < -0.3 is 9.67 Å². The van der Waals surface area contributed by atoms with Crippen molar-refractivity contribution in [2.24, 2.45) is 0 Å². The lowest BCUT2D eigenvalue weighted by atomic mass is 10.4. The van der Waals surface area contributed by atoms with Crippen LogP contribution in [0.25, 0.3) is 0 Å². The van der Waals surface area contributed by atoms with Gasteiger partial charge in [-0.1, -0.05) is 6.92 Å². The molecule has 1 N–H and O–H groups in total. The van der Waals surface area contributed by atoms with E-state index in [1.807, 2.05) is 6.92 Å². The fourth-order valence-corrected chi connectivity index (χ4v) is 1.03. The molecule has 0 radical (unpaired) electrons. The Bertz CT molecular complexity index is 293. The number of aryl methyl sites for hydroxylation is 2. The van der Waals surface area contributed by atoms with Gasteiger partial charge in [-0.3, -0.25) is 4.79 Å². The zero-order valence-corrected chi connectivity index (χ0v) is 7.11. The molecule has 1 rings (SSSR count). The van der Waals surface area contributed by atoms with Crippen LogP contribution in [0.4, 0.5) is 0 Å². The Morgan fingerprint density at radius 3 is 2.75 bits per heavy atom. The molecule has 12 heavy (non-hydrogen) atoms. The highest BCUT2D eigenvalue weighted by Crippen LogP contribution is 2.00. The lowest BCUT2D eigenvalue weighted by Gasteiger charge is -2.02. The highest BCUT2D eigenvalue weighted by Gasteiger charge is 2.08. The molecular weight excluding hydrogens is 158 g/mol. The summed E-state index contributed by atoms with van der Waals surface area (Å²) in [5.41, 5.74) is 0. The molecule has 0 unspecified atom stereocenters. The van der Waals surface area contributed by atoms with E-state index in [-0.39, 0.29) is 6.54 Å². The number of aliphatic carboxylic acids is 1. The van der Waals surface area contributed by atoms with Gasteiger partial charge in [0.1, 0.15) is 18.2 Å². The topological polar surface area (TPSA) is 68.0 Å². The molecule has 5 heteroatoms. The maximum Gasteiger partial charge on any atom is 0.323 e. The summed E-state index contributed by atoms with van der Waals surface area (Å²) in [4.78, 5) is 10.4. The van der Waals surface area contributed by atoms with Crippen LogP contribution in [0.15, 0.2) is 0 Å². The van der Waals surface area contributed by atoms with Gasteiger partial charge in [-0.25, -0.2) is 0 Å². The van der Waals surface area contributed by atoms with Gasteiger partial charge in [0.05, 0.1) is 0 Å². The fourth-order valence-electron chi connectivity index (χ4n) is 1.03. The maximum atomic E-state index is 10.4. The molecule has 0 aromatic carbocycles. The van der Waals surface area contributed by atoms with E-state index >= 15 is 0 Å². The van der Waals surface area contributed by atoms with Crippen LogP contribution in [0.1, 0.15) is 18.6 Å². The van der Waals surface area contributed by atoms with Crippen molar-refractivity contribution in [3.63, 3.8) is 0 Å². The first-order chi connectivity index (χ1) is 5.65. The van der Waals surface area contributed by atoms with Gasteiger partial charge in [0.25, 0.3) is 0 Å². The molecule has 1 aromatic rings. The van der Waals surface area contributed by atoms with E-state index in [1.54, 1.807) is 11.5 Å². The lowest BCUT2D eigenvalue weighted by molar-refractivity contribution is -0.137. The minimum atomic E-state index is -0.868. The van der Waals surface area contributed by atoms with Crippen LogP contribution in [0, 0.1) is 6.92 Å². The summed E-state index contributed by atoms with van der Waals surface area (Å²) < 4.78 is 1.60. The first-order valence-corrected chi connectivity index (χ1v) is 3.75. The number of hydrogen-bond donors (Lipinski definition) is 1. The maximum absolute atomic E-state index is 10.4. The predicted octanol–water partition coefficient (Wildman–Crippen LogP) is 0.234. The smallest absolute Gasteiger partial charge is 0.323 e. The SMILES string of the molecule is CCc1nnc(C)n1CC(=O)O. The summed E-state index contributed by atoms with van der Waals surface area (Å²) in [6.07, 6.45) is 0.702. The van der Waals surface area contributed by atoms with Gasteiger partial charge in [-0.2, -0.15) is 0 Å². The Morgan fingerprint density at radius 2 is 2.25 bits per heavy atom. The van der Waals surface area contributed by atoms with Crippen LogP contribution in [0.3, 0.4) is 0 Å². The number of carboxylic acids is 1. The molecule has 1 heterocycles. The van der Waals surface area contributed by atoms with Crippen LogP contribution >= 0.6 is 0 Å². The number of aromatic nitrogens is 3. The lowest BCUT2D eigenvalue weighted by Crippen LogP contribution is -2.12. The number of nitrogens with zero attached hydrogens (tertiary/aromatic N) is 3. The summed E-state index contributed by atoms with van der Waals surface area (Å²) in [7, 11) is 0. The third-order valence-corrected chi connectivity index (χ3v) is 1.62. The molecule has 0 atom stereocenters. The Morgan fingerprint density at radius 1 is 1.58 bits per heavy atom. The van der Waals surface area contributed by atoms with E-state index in [0.717, 1.165) is 5.82 Å². The standard InChI is InChI=1S/C7H11N3O2/c1-3-6-9-8-5(2)10(6)4-7(11)12/h3-4H2,1-2H3,(H,11,12). The number of hydrogen-bond acceptors (Lipinski definition) is 3. The largest absolute Gasteiger partial charge is 0.480 e. The second-order valence-corrected chi connectivity index (χ2v) is 2.50. The Hall–Kier alpha value is -1.39. The number of carbonyl (C=O) groups is 1. The molecule has 0 spiro atoms. The van der Waals surface area contributed by atoms with Crippen molar-refractivity contribution in [2.45, 2.75) is 26.8 Å². The first kappa shape index (κ1) is 8.70. The highest BCUT2D eigenvalue weighted by molar-refractivity contribution is 5.66. The third-order valence-electron chi connectivity index (χ3n) is 1.62. The van der Waals surface area contributed by atoms with Crippen molar-refractivity contribution in [3.8, 4) is 0 Å². The average molecular weight is 169 g/mol. The highest BCUT2D eigenvalue weighted by atomic mass is 16.4. The molecule has 1 aromatic heterocycles. The van der Waals surface area contributed by atoms with Crippen LogP contribution < -0.4 is 0 Å². The van der Waals surface area contributed by atoms with E-state index in [4.69, 9.17) is 5.11 Å². The fraction of sp³-hybridized carbons (Fsp3) is 0.571. The van der Waals surface area contributed by atoms with Crippen LogP contribution in [-0.2, 0) is 17.8 Å². The number of rotatable bonds is 3. The quantitative estimate of drug-likeness (QED) is 0.703. The van der Waals surface area contributed by atoms with Crippen LogP contribution in [-0.4, -0.2) is 25.8 Å². The van der Waals surface area contributed by atoms with Gasteiger partial charge >= 0.3 is 5.97 Å². The van der Waals surface area contributed by atoms with Gasteiger partial charge in [-0.05, 0) is 6.92 Å². The molecular formula is C7H11N3O2. The van der Waals surface area contributed by atoms with Crippen molar-refractivity contribution < 1.29 is 9.90 Å². The Kier molecular flexibility index (Phi) is 2.42. The molecule has 66 valence electrons. The molecule has 0 aliphatic carbocycles. The molecule has 0 amide bonds.